The molecule has 1 saturated carbocycles. The zero-order chi connectivity index (χ0) is 28.5. The molecule has 3 N–H and O–H groups in total. The smallest absolute Gasteiger partial charge is 0.254 e. The predicted octanol–water partition coefficient (Wildman–Crippen LogP) is 3.46. The SMILES string of the molecule is CNC(=O)c1cnc(NC(=O)C2CC2)cc1Nc1c(F)c(F)cc(-c2ncc(S(=O)(=O)C(C)C)cn2)c1OC. The van der Waals surface area contributed by atoms with Crippen LogP contribution in [-0.2, 0) is 14.6 Å². The Kier molecular flexibility index (Phi) is 7.77. The van der Waals surface area contributed by atoms with Gasteiger partial charge in [-0.2, -0.15) is 0 Å². The van der Waals surface area contributed by atoms with E-state index in [4.69, 9.17) is 4.74 Å². The van der Waals surface area contributed by atoms with Crippen molar-refractivity contribution in [3.05, 3.63) is 47.9 Å². The number of hydrogen-bond acceptors (Lipinski definition) is 9. The van der Waals surface area contributed by atoms with Crippen LogP contribution in [0.15, 0.2) is 35.6 Å². The summed E-state index contributed by atoms with van der Waals surface area (Å²) >= 11 is 0. The molecule has 2 amide bonds. The number of benzene rings is 1. The highest BCUT2D eigenvalue weighted by Crippen LogP contribution is 2.41. The molecule has 1 fully saturated rings. The highest BCUT2D eigenvalue weighted by molar-refractivity contribution is 7.92. The van der Waals surface area contributed by atoms with Crippen LogP contribution < -0.4 is 20.7 Å². The molecule has 0 bridgehead atoms. The molecule has 11 nitrogen and oxygen atoms in total. The van der Waals surface area contributed by atoms with Crippen LogP contribution in [0.3, 0.4) is 0 Å². The van der Waals surface area contributed by atoms with Gasteiger partial charge in [-0.3, -0.25) is 9.59 Å². The fraction of sp³-hybridized carbons (Fsp3) is 0.320. The van der Waals surface area contributed by atoms with Crippen molar-refractivity contribution in [3.8, 4) is 17.1 Å². The topological polar surface area (TPSA) is 152 Å². The number of amides is 2. The monoisotopic (exact) mass is 560 g/mol. The lowest BCUT2D eigenvalue weighted by Gasteiger charge is -2.18. The average molecular weight is 561 g/mol. The number of ether oxygens (including phenoxy) is 1. The number of methoxy groups -OCH3 is 1. The van der Waals surface area contributed by atoms with Crippen LogP contribution in [0, 0.1) is 17.6 Å². The van der Waals surface area contributed by atoms with Gasteiger partial charge >= 0.3 is 0 Å². The van der Waals surface area contributed by atoms with Gasteiger partial charge in [0, 0.05) is 37.6 Å². The van der Waals surface area contributed by atoms with Crippen LogP contribution >= 0.6 is 0 Å². The minimum Gasteiger partial charge on any atom is -0.494 e. The Balaban J connectivity index is 1.79. The van der Waals surface area contributed by atoms with Crippen molar-refractivity contribution in [1.29, 1.82) is 0 Å². The number of rotatable bonds is 9. The second-order valence-corrected chi connectivity index (χ2v) is 11.6. The quantitative estimate of drug-likeness (QED) is 0.357. The summed E-state index contributed by atoms with van der Waals surface area (Å²) in [5.41, 5.74) is -0.576. The maximum atomic E-state index is 15.2. The summed E-state index contributed by atoms with van der Waals surface area (Å²) in [5, 5.41) is 7.06. The van der Waals surface area contributed by atoms with E-state index in [2.05, 4.69) is 30.9 Å². The summed E-state index contributed by atoms with van der Waals surface area (Å²) in [7, 11) is -1.06. The third kappa shape index (κ3) is 5.65. The van der Waals surface area contributed by atoms with Gasteiger partial charge in [0.05, 0.1) is 29.2 Å². The molecule has 0 radical (unpaired) electrons. The number of carbonyl (C=O) groups is 2. The van der Waals surface area contributed by atoms with Crippen molar-refractivity contribution in [2.45, 2.75) is 36.8 Å². The van der Waals surface area contributed by atoms with Crippen molar-refractivity contribution in [2.24, 2.45) is 5.92 Å². The van der Waals surface area contributed by atoms with E-state index in [-0.39, 0.29) is 50.9 Å². The van der Waals surface area contributed by atoms with Gasteiger partial charge < -0.3 is 20.7 Å². The van der Waals surface area contributed by atoms with Gasteiger partial charge in [0.25, 0.3) is 5.91 Å². The summed E-state index contributed by atoms with van der Waals surface area (Å²) in [6.07, 6.45) is 4.85. The van der Waals surface area contributed by atoms with Crippen molar-refractivity contribution >= 4 is 38.8 Å². The Morgan fingerprint density at radius 1 is 1.08 bits per heavy atom. The number of nitrogens with zero attached hydrogens (tertiary/aromatic N) is 3. The number of sulfone groups is 1. The molecule has 1 aromatic carbocycles. The number of carbonyl (C=O) groups excluding carboxylic acids is 2. The first kappa shape index (κ1) is 27.8. The van der Waals surface area contributed by atoms with Gasteiger partial charge in [-0.05, 0) is 32.8 Å². The van der Waals surface area contributed by atoms with E-state index in [1.54, 1.807) is 0 Å². The van der Waals surface area contributed by atoms with E-state index in [0.717, 1.165) is 31.3 Å². The summed E-state index contributed by atoms with van der Waals surface area (Å²) < 4.78 is 60.2. The molecule has 206 valence electrons. The van der Waals surface area contributed by atoms with E-state index < -0.39 is 38.3 Å². The normalized spacial score (nSPS) is 13.2. The van der Waals surface area contributed by atoms with Crippen molar-refractivity contribution in [1.82, 2.24) is 20.3 Å². The first-order chi connectivity index (χ1) is 18.5. The Hall–Kier alpha value is -4.20. The van der Waals surface area contributed by atoms with E-state index in [9.17, 15) is 22.4 Å². The summed E-state index contributed by atoms with van der Waals surface area (Å²) in [5.74, 6) is -3.78. The second-order valence-electron chi connectivity index (χ2n) is 9.05. The Labute approximate surface area is 223 Å². The molecular weight excluding hydrogens is 534 g/mol. The van der Waals surface area contributed by atoms with Crippen LogP contribution in [0.1, 0.15) is 37.0 Å². The van der Waals surface area contributed by atoms with Gasteiger partial charge in [-0.15, -0.1) is 0 Å². The van der Waals surface area contributed by atoms with Crippen molar-refractivity contribution in [3.63, 3.8) is 0 Å². The third-order valence-electron chi connectivity index (χ3n) is 6.03. The number of pyridine rings is 1. The van der Waals surface area contributed by atoms with E-state index in [1.165, 1.54) is 40.3 Å². The first-order valence-corrected chi connectivity index (χ1v) is 13.4. The fourth-order valence-corrected chi connectivity index (χ4v) is 4.57. The molecule has 1 aliphatic rings. The molecule has 3 aromatic rings. The number of aromatic nitrogens is 3. The summed E-state index contributed by atoms with van der Waals surface area (Å²) in [6, 6.07) is 2.13. The molecule has 0 atom stereocenters. The Bertz CT molecular complexity index is 1540. The highest BCUT2D eigenvalue weighted by atomic mass is 32.2. The lowest BCUT2D eigenvalue weighted by Crippen LogP contribution is -2.21. The van der Waals surface area contributed by atoms with Gasteiger partial charge in [-0.1, -0.05) is 0 Å². The minimum absolute atomic E-state index is 0.00323. The number of nitrogens with one attached hydrogen (secondary N) is 3. The minimum atomic E-state index is -3.66. The number of halogens is 2. The number of anilines is 3. The van der Waals surface area contributed by atoms with Crippen molar-refractivity contribution < 1.29 is 31.5 Å². The van der Waals surface area contributed by atoms with Crippen LogP contribution in [0.5, 0.6) is 5.75 Å². The molecule has 2 aromatic heterocycles. The van der Waals surface area contributed by atoms with Crippen molar-refractivity contribution in [2.75, 3.05) is 24.8 Å². The maximum absolute atomic E-state index is 15.2. The molecule has 2 heterocycles. The second kappa shape index (κ2) is 10.9. The average Bonchev–Trinajstić information content (AvgIpc) is 3.77. The van der Waals surface area contributed by atoms with Crippen LogP contribution in [-0.4, -0.2) is 54.6 Å². The Morgan fingerprint density at radius 2 is 1.74 bits per heavy atom. The first-order valence-electron chi connectivity index (χ1n) is 11.9. The highest BCUT2D eigenvalue weighted by Gasteiger charge is 2.30. The van der Waals surface area contributed by atoms with Gasteiger partial charge in [0.1, 0.15) is 16.4 Å². The third-order valence-corrected chi connectivity index (χ3v) is 8.14. The lowest BCUT2D eigenvalue weighted by atomic mass is 10.1. The molecule has 0 spiro atoms. The standard InChI is InChI=1S/C25H26F2N6O5S/c1-12(2)39(36,37)14-9-30-23(31-10-14)15-7-17(26)20(27)21(22(15)38-4)32-18-8-19(33-24(34)13-5-6-13)29-11-16(18)25(35)28-3/h7-13H,5-6H2,1-4H3,(H,28,35)(H2,29,32,33,34). The molecule has 1 aliphatic carbocycles. The van der Waals surface area contributed by atoms with E-state index in [0.29, 0.717) is 0 Å². The molecule has 0 unspecified atom stereocenters. The molecule has 0 aliphatic heterocycles. The largest absolute Gasteiger partial charge is 0.494 e. The summed E-state index contributed by atoms with van der Waals surface area (Å²) in [6.45, 7) is 3.02. The van der Waals surface area contributed by atoms with Crippen LogP contribution in [0.4, 0.5) is 26.0 Å². The van der Waals surface area contributed by atoms with Gasteiger partial charge in [0.15, 0.2) is 33.0 Å². The van der Waals surface area contributed by atoms with E-state index >= 15 is 4.39 Å². The predicted molar refractivity (Wildman–Crippen MR) is 139 cm³/mol. The molecule has 14 heteroatoms. The molecule has 39 heavy (non-hydrogen) atoms. The number of hydrogen-bond donors (Lipinski definition) is 3. The Morgan fingerprint density at radius 3 is 2.31 bits per heavy atom. The molecule has 0 saturated heterocycles. The maximum Gasteiger partial charge on any atom is 0.254 e. The lowest BCUT2D eigenvalue weighted by molar-refractivity contribution is -0.117. The zero-order valence-corrected chi connectivity index (χ0v) is 22.3. The van der Waals surface area contributed by atoms with Gasteiger partial charge in [0.2, 0.25) is 5.91 Å². The molecular formula is C25H26F2N6O5S. The van der Waals surface area contributed by atoms with Gasteiger partial charge in [-0.25, -0.2) is 32.2 Å². The van der Waals surface area contributed by atoms with Crippen LogP contribution in [0.25, 0.3) is 11.4 Å². The molecule has 4 rings (SSSR count). The zero-order valence-electron chi connectivity index (χ0n) is 21.5. The fourth-order valence-electron chi connectivity index (χ4n) is 3.62. The van der Waals surface area contributed by atoms with E-state index in [1.807, 2.05) is 0 Å². The summed E-state index contributed by atoms with van der Waals surface area (Å²) in [4.78, 5) is 36.7. The van der Waals surface area contributed by atoms with Crippen LogP contribution in [0.2, 0.25) is 0 Å².